The van der Waals surface area contributed by atoms with E-state index in [-0.39, 0.29) is 5.97 Å². The fourth-order valence-corrected chi connectivity index (χ4v) is 1.71. The lowest BCUT2D eigenvalue weighted by atomic mass is 10.2. The van der Waals surface area contributed by atoms with E-state index in [1.807, 2.05) is 0 Å². The molecule has 0 atom stereocenters. The van der Waals surface area contributed by atoms with E-state index in [9.17, 15) is 4.79 Å². The van der Waals surface area contributed by atoms with Crippen molar-refractivity contribution in [3.63, 3.8) is 0 Å². The summed E-state index contributed by atoms with van der Waals surface area (Å²) in [7, 11) is 0. The Morgan fingerprint density at radius 1 is 0.850 bits per heavy atom. The molecule has 0 saturated heterocycles. The third-order valence-corrected chi connectivity index (χ3v) is 2.84. The normalized spacial score (nSPS) is 11.9. The van der Waals surface area contributed by atoms with Crippen molar-refractivity contribution in [3.8, 4) is 0 Å². The van der Waals surface area contributed by atoms with Crippen molar-refractivity contribution in [2.45, 2.75) is 65.2 Å². The first-order chi connectivity index (χ1) is 9.77. The highest BCUT2D eigenvalue weighted by atomic mass is 16.5. The number of carbonyl (C=O) groups excluding carboxylic acids is 1. The van der Waals surface area contributed by atoms with Crippen molar-refractivity contribution in [2.24, 2.45) is 0 Å². The van der Waals surface area contributed by atoms with Gasteiger partial charge in [-0.05, 0) is 38.5 Å². The molecular weight excluding hydrogens is 248 g/mol. The predicted octanol–water partition coefficient (Wildman–Crippen LogP) is 5.36. The molecule has 0 fully saturated rings. The lowest BCUT2D eigenvalue weighted by molar-refractivity contribution is -0.141. The van der Waals surface area contributed by atoms with E-state index >= 15 is 0 Å². The first kappa shape index (κ1) is 18.7. The molecule has 2 heteroatoms. The quantitative estimate of drug-likeness (QED) is 0.208. The van der Waals surface area contributed by atoms with Crippen LogP contribution in [0.2, 0.25) is 0 Å². The Morgan fingerprint density at radius 3 is 2.15 bits per heavy atom. The summed E-state index contributed by atoms with van der Waals surface area (Å²) in [6.07, 6.45) is 22.3. The average molecular weight is 278 g/mol. The summed E-state index contributed by atoms with van der Waals surface area (Å²) in [6.45, 7) is 4.20. The van der Waals surface area contributed by atoms with E-state index in [1.54, 1.807) is 0 Å². The number of esters is 1. The van der Waals surface area contributed by atoms with Gasteiger partial charge in [-0.15, -0.1) is 0 Å². The number of rotatable bonds is 12. The van der Waals surface area contributed by atoms with Crippen LogP contribution in [0, 0.1) is 0 Å². The van der Waals surface area contributed by atoms with Gasteiger partial charge in [-0.1, -0.05) is 56.2 Å². The number of unbranched alkanes of at least 4 members (excludes halogenated alkanes) is 5. The monoisotopic (exact) mass is 278 g/mol. The topological polar surface area (TPSA) is 26.3 Å². The number of hydrogen-bond donors (Lipinski definition) is 0. The lowest BCUT2D eigenvalue weighted by Gasteiger charge is -1.97. The van der Waals surface area contributed by atoms with Crippen LogP contribution in [-0.4, -0.2) is 12.6 Å². The second-order valence-corrected chi connectivity index (χ2v) is 4.88. The Labute approximate surface area is 124 Å². The van der Waals surface area contributed by atoms with Crippen LogP contribution >= 0.6 is 0 Å². The molecule has 0 aromatic carbocycles. The van der Waals surface area contributed by atoms with Crippen molar-refractivity contribution in [3.05, 3.63) is 36.5 Å². The largest absolute Gasteiger partial charge is 0.466 e. The molecule has 0 heterocycles. The molecule has 0 rings (SSSR count). The maximum absolute atomic E-state index is 10.5. The molecule has 0 aliphatic carbocycles. The van der Waals surface area contributed by atoms with Crippen molar-refractivity contribution in [2.75, 3.05) is 6.61 Å². The summed E-state index contributed by atoms with van der Waals surface area (Å²) in [5.74, 6) is -0.198. The van der Waals surface area contributed by atoms with Gasteiger partial charge in [0.05, 0.1) is 6.61 Å². The minimum atomic E-state index is -0.198. The van der Waals surface area contributed by atoms with Crippen LogP contribution in [0.3, 0.4) is 0 Å². The van der Waals surface area contributed by atoms with Crippen LogP contribution in [0.25, 0.3) is 0 Å². The highest BCUT2D eigenvalue weighted by Crippen LogP contribution is 2.01. The van der Waals surface area contributed by atoms with Crippen molar-refractivity contribution in [1.29, 1.82) is 0 Å². The van der Waals surface area contributed by atoms with Gasteiger partial charge in [-0.25, -0.2) is 0 Å². The molecule has 0 saturated carbocycles. The highest BCUT2D eigenvalue weighted by molar-refractivity contribution is 5.65. The minimum Gasteiger partial charge on any atom is -0.466 e. The zero-order valence-electron chi connectivity index (χ0n) is 13.1. The molecule has 2 nitrogen and oxygen atoms in total. The molecule has 0 unspecified atom stereocenters. The molecule has 0 bridgehead atoms. The van der Waals surface area contributed by atoms with E-state index in [1.165, 1.54) is 32.6 Å². The van der Waals surface area contributed by atoms with Gasteiger partial charge in [0.2, 0.25) is 0 Å². The van der Waals surface area contributed by atoms with Crippen molar-refractivity contribution < 1.29 is 9.53 Å². The van der Waals surface area contributed by atoms with E-state index < -0.39 is 0 Å². The zero-order chi connectivity index (χ0) is 14.9. The molecular formula is C18H30O2. The summed E-state index contributed by atoms with van der Waals surface area (Å²) in [5, 5.41) is 0. The molecule has 0 spiro atoms. The Kier molecular flexibility index (Phi) is 14.7. The standard InChI is InChI=1S/C18H30O2/c1-3-4-5-6-7-8-9-10-11-12-13-14-15-16-17-20-18(2)19/h7-8,11-14H,3-6,9-10,15-17H2,1-2H3/b8-7-,12-11-,14-13-. The van der Waals surface area contributed by atoms with Gasteiger partial charge < -0.3 is 4.74 Å². The van der Waals surface area contributed by atoms with Crippen LogP contribution < -0.4 is 0 Å². The number of hydrogen-bond acceptors (Lipinski definition) is 2. The number of ether oxygens (including phenoxy) is 1. The molecule has 0 amide bonds. The number of carbonyl (C=O) groups is 1. The van der Waals surface area contributed by atoms with Gasteiger partial charge in [-0.3, -0.25) is 4.79 Å². The summed E-state index contributed by atoms with van der Waals surface area (Å²) >= 11 is 0. The van der Waals surface area contributed by atoms with Crippen molar-refractivity contribution in [1.82, 2.24) is 0 Å². The first-order valence-corrected chi connectivity index (χ1v) is 7.87. The van der Waals surface area contributed by atoms with Gasteiger partial charge >= 0.3 is 5.97 Å². The van der Waals surface area contributed by atoms with Gasteiger partial charge in [0.25, 0.3) is 0 Å². The maximum atomic E-state index is 10.5. The fourth-order valence-electron chi connectivity index (χ4n) is 1.71. The first-order valence-electron chi connectivity index (χ1n) is 7.87. The van der Waals surface area contributed by atoms with Gasteiger partial charge in [0.15, 0.2) is 0 Å². The maximum Gasteiger partial charge on any atom is 0.302 e. The fraction of sp³-hybridized carbons (Fsp3) is 0.611. The lowest BCUT2D eigenvalue weighted by Crippen LogP contribution is -1.99. The zero-order valence-corrected chi connectivity index (χ0v) is 13.1. The molecule has 20 heavy (non-hydrogen) atoms. The molecule has 0 aliphatic rings. The second kappa shape index (κ2) is 15.7. The Bertz CT molecular complexity index is 301. The SMILES string of the molecule is CCCCC/C=C\CC/C=C\C=C/CCCOC(C)=O. The van der Waals surface area contributed by atoms with Crippen LogP contribution in [0.5, 0.6) is 0 Å². The Hall–Kier alpha value is -1.31. The number of allylic oxidation sites excluding steroid dienone is 6. The molecule has 114 valence electrons. The molecule has 0 aliphatic heterocycles. The molecule has 0 radical (unpaired) electrons. The summed E-state index contributed by atoms with van der Waals surface area (Å²) in [5.41, 5.74) is 0. The van der Waals surface area contributed by atoms with Crippen LogP contribution in [0.4, 0.5) is 0 Å². The molecule has 0 N–H and O–H groups in total. The van der Waals surface area contributed by atoms with Crippen LogP contribution in [0.15, 0.2) is 36.5 Å². The molecule has 0 aromatic heterocycles. The van der Waals surface area contributed by atoms with Gasteiger partial charge in [-0.2, -0.15) is 0 Å². The average Bonchev–Trinajstić information content (AvgIpc) is 2.43. The van der Waals surface area contributed by atoms with Crippen molar-refractivity contribution >= 4 is 5.97 Å². The Morgan fingerprint density at radius 2 is 1.45 bits per heavy atom. The summed E-state index contributed by atoms with van der Waals surface area (Å²) in [6, 6.07) is 0. The van der Waals surface area contributed by atoms with Gasteiger partial charge in [0.1, 0.15) is 0 Å². The van der Waals surface area contributed by atoms with Crippen LogP contribution in [0.1, 0.15) is 65.2 Å². The third-order valence-electron chi connectivity index (χ3n) is 2.84. The van der Waals surface area contributed by atoms with Gasteiger partial charge in [0, 0.05) is 6.92 Å². The third kappa shape index (κ3) is 16.7. The summed E-state index contributed by atoms with van der Waals surface area (Å²) in [4.78, 5) is 10.5. The smallest absolute Gasteiger partial charge is 0.302 e. The minimum absolute atomic E-state index is 0.198. The van der Waals surface area contributed by atoms with Crippen LogP contribution in [-0.2, 0) is 9.53 Å². The summed E-state index contributed by atoms with van der Waals surface area (Å²) < 4.78 is 4.85. The highest BCUT2D eigenvalue weighted by Gasteiger charge is 1.89. The van der Waals surface area contributed by atoms with E-state index in [0.29, 0.717) is 6.61 Å². The Balaban J connectivity index is 3.32. The van der Waals surface area contributed by atoms with E-state index in [0.717, 1.165) is 25.7 Å². The molecule has 0 aromatic rings. The second-order valence-electron chi connectivity index (χ2n) is 4.88. The van der Waals surface area contributed by atoms with E-state index in [4.69, 9.17) is 4.74 Å². The predicted molar refractivity (Wildman–Crippen MR) is 86.7 cm³/mol. The van der Waals surface area contributed by atoms with E-state index in [2.05, 4.69) is 43.4 Å².